The molecule has 0 spiro atoms. The van der Waals surface area contributed by atoms with Crippen LogP contribution in [0.5, 0.6) is 5.75 Å². The summed E-state index contributed by atoms with van der Waals surface area (Å²) in [5.74, 6) is 0.303. The van der Waals surface area contributed by atoms with Gasteiger partial charge in [0.15, 0.2) is 0 Å². The Morgan fingerprint density at radius 2 is 1.88 bits per heavy atom. The van der Waals surface area contributed by atoms with E-state index in [1.165, 1.54) is 0 Å². The van der Waals surface area contributed by atoms with Crippen LogP contribution >= 0.6 is 12.4 Å². The van der Waals surface area contributed by atoms with Crippen molar-refractivity contribution in [2.75, 3.05) is 19.6 Å². The number of unbranched alkanes of at least 4 members (excludes halogenated alkanes) is 1. The van der Waals surface area contributed by atoms with Crippen molar-refractivity contribution in [1.82, 2.24) is 5.32 Å². The Kier molecular flexibility index (Phi) is 9.53. The first-order valence-electron chi connectivity index (χ1n) is 5.69. The zero-order valence-electron chi connectivity index (χ0n) is 9.93. The largest absolute Gasteiger partial charge is 0.508 e. The van der Waals surface area contributed by atoms with Crippen molar-refractivity contribution in [2.24, 2.45) is 5.73 Å². The topological polar surface area (TPSA) is 58.3 Å². The molecular weight excluding hydrogens is 236 g/mol. The summed E-state index contributed by atoms with van der Waals surface area (Å²) in [4.78, 5) is 0. The minimum atomic E-state index is 0. The summed E-state index contributed by atoms with van der Waals surface area (Å²) in [6, 6.07) is 7.16. The second kappa shape index (κ2) is 10.1. The summed E-state index contributed by atoms with van der Waals surface area (Å²) in [6.07, 6.45) is 6.32. The molecule has 1 rings (SSSR count). The number of nitrogens with one attached hydrogen (secondary N) is 1. The van der Waals surface area contributed by atoms with Crippen molar-refractivity contribution < 1.29 is 5.11 Å². The number of phenolic OH excluding ortho intramolecular Hbond substituents is 1. The zero-order chi connectivity index (χ0) is 11.6. The highest BCUT2D eigenvalue weighted by Gasteiger charge is 1.88. The van der Waals surface area contributed by atoms with E-state index in [0.717, 1.165) is 38.0 Å². The molecule has 0 aliphatic heterocycles. The Bertz CT molecular complexity index is 312. The van der Waals surface area contributed by atoms with E-state index in [-0.39, 0.29) is 12.4 Å². The normalized spacial score (nSPS) is 10.4. The molecular formula is C13H21ClN2O. The van der Waals surface area contributed by atoms with Crippen LogP contribution < -0.4 is 11.1 Å². The van der Waals surface area contributed by atoms with Gasteiger partial charge in [0.25, 0.3) is 0 Å². The second-order valence-electron chi connectivity index (χ2n) is 3.69. The van der Waals surface area contributed by atoms with Crippen LogP contribution in [0.1, 0.15) is 18.4 Å². The standard InChI is InChI=1S/C13H20N2O.ClH/c14-9-1-2-10-15-11-3-4-12-5-7-13(16)8-6-12;/h3-8,15-16H,1-2,9-11,14H2;1H/b4-3+;. The fraction of sp³-hybridized carbons (Fsp3) is 0.385. The van der Waals surface area contributed by atoms with E-state index in [4.69, 9.17) is 10.8 Å². The van der Waals surface area contributed by atoms with Crippen molar-refractivity contribution in [2.45, 2.75) is 12.8 Å². The molecule has 0 fully saturated rings. The van der Waals surface area contributed by atoms with Crippen molar-refractivity contribution in [3.05, 3.63) is 35.9 Å². The minimum absolute atomic E-state index is 0. The fourth-order valence-electron chi connectivity index (χ4n) is 1.36. The van der Waals surface area contributed by atoms with Gasteiger partial charge in [-0.2, -0.15) is 0 Å². The molecule has 0 radical (unpaired) electrons. The maximum atomic E-state index is 9.10. The van der Waals surface area contributed by atoms with Gasteiger partial charge in [-0.05, 0) is 43.6 Å². The van der Waals surface area contributed by atoms with Crippen LogP contribution in [-0.2, 0) is 0 Å². The van der Waals surface area contributed by atoms with Crippen molar-refractivity contribution in [3.63, 3.8) is 0 Å². The highest BCUT2D eigenvalue weighted by molar-refractivity contribution is 5.85. The van der Waals surface area contributed by atoms with E-state index in [2.05, 4.69) is 11.4 Å². The number of aromatic hydroxyl groups is 1. The third kappa shape index (κ3) is 7.80. The Morgan fingerprint density at radius 1 is 1.18 bits per heavy atom. The predicted molar refractivity (Wildman–Crippen MR) is 75.5 cm³/mol. The first kappa shape index (κ1) is 16.0. The Labute approximate surface area is 109 Å². The Balaban J connectivity index is 0.00000256. The summed E-state index contributed by atoms with van der Waals surface area (Å²) in [6.45, 7) is 2.65. The van der Waals surface area contributed by atoms with E-state index >= 15 is 0 Å². The van der Waals surface area contributed by atoms with Crippen LogP contribution in [0.25, 0.3) is 6.08 Å². The molecule has 96 valence electrons. The smallest absolute Gasteiger partial charge is 0.115 e. The van der Waals surface area contributed by atoms with E-state index in [0.29, 0.717) is 5.75 Å². The van der Waals surface area contributed by atoms with Crippen molar-refractivity contribution >= 4 is 18.5 Å². The lowest BCUT2D eigenvalue weighted by Gasteiger charge is -1.99. The van der Waals surface area contributed by atoms with Gasteiger partial charge in [-0.15, -0.1) is 12.4 Å². The van der Waals surface area contributed by atoms with Crippen LogP contribution in [0.4, 0.5) is 0 Å². The van der Waals surface area contributed by atoms with Crippen molar-refractivity contribution in [3.8, 4) is 5.75 Å². The number of nitrogens with two attached hydrogens (primary N) is 1. The van der Waals surface area contributed by atoms with E-state index < -0.39 is 0 Å². The fourth-order valence-corrected chi connectivity index (χ4v) is 1.36. The van der Waals surface area contributed by atoms with Gasteiger partial charge in [0.2, 0.25) is 0 Å². The number of halogens is 1. The lowest BCUT2D eigenvalue weighted by atomic mass is 10.2. The molecule has 0 saturated carbocycles. The summed E-state index contributed by atoms with van der Waals surface area (Å²) in [7, 11) is 0. The zero-order valence-corrected chi connectivity index (χ0v) is 10.7. The molecule has 0 bridgehead atoms. The van der Waals surface area contributed by atoms with Crippen LogP contribution in [0, 0.1) is 0 Å². The highest BCUT2D eigenvalue weighted by atomic mass is 35.5. The molecule has 0 saturated heterocycles. The Hall–Kier alpha value is -1.03. The monoisotopic (exact) mass is 256 g/mol. The number of rotatable bonds is 7. The molecule has 0 heterocycles. The van der Waals surface area contributed by atoms with Crippen LogP contribution in [-0.4, -0.2) is 24.7 Å². The molecule has 4 N–H and O–H groups in total. The van der Waals surface area contributed by atoms with E-state index in [9.17, 15) is 0 Å². The predicted octanol–water partition coefficient (Wildman–Crippen LogP) is 2.16. The Morgan fingerprint density at radius 3 is 2.53 bits per heavy atom. The number of hydrogen-bond donors (Lipinski definition) is 3. The van der Waals surface area contributed by atoms with Crippen molar-refractivity contribution in [1.29, 1.82) is 0 Å². The third-order valence-electron chi connectivity index (χ3n) is 2.27. The molecule has 17 heavy (non-hydrogen) atoms. The van der Waals surface area contributed by atoms with Gasteiger partial charge in [0.05, 0.1) is 0 Å². The second-order valence-corrected chi connectivity index (χ2v) is 3.69. The first-order valence-corrected chi connectivity index (χ1v) is 5.69. The molecule has 1 aromatic rings. The average molecular weight is 257 g/mol. The molecule has 0 aromatic heterocycles. The van der Waals surface area contributed by atoms with E-state index in [1.54, 1.807) is 12.1 Å². The summed E-state index contributed by atoms with van der Waals surface area (Å²) in [5.41, 5.74) is 6.49. The molecule has 0 amide bonds. The maximum absolute atomic E-state index is 9.10. The quantitative estimate of drug-likeness (QED) is 0.656. The molecule has 4 heteroatoms. The highest BCUT2D eigenvalue weighted by Crippen LogP contribution is 2.10. The van der Waals surface area contributed by atoms with Crippen LogP contribution in [0.2, 0.25) is 0 Å². The number of hydrogen-bond acceptors (Lipinski definition) is 3. The minimum Gasteiger partial charge on any atom is -0.508 e. The van der Waals surface area contributed by atoms with Gasteiger partial charge in [-0.25, -0.2) is 0 Å². The SMILES string of the molecule is Cl.NCCCCNC/C=C/c1ccc(O)cc1. The lowest BCUT2D eigenvalue weighted by molar-refractivity contribution is 0.475. The van der Waals surface area contributed by atoms with Crippen LogP contribution in [0.3, 0.4) is 0 Å². The molecule has 0 aliphatic carbocycles. The molecule has 0 aliphatic rings. The summed E-state index contributed by atoms with van der Waals surface area (Å²) < 4.78 is 0. The third-order valence-corrected chi connectivity index (χ3v) is 2.27. The van der Waals surface area contributed by atoms with Gasteiger partial charge in [0, 0.05) is 6.54 Å². The van der Waals surface area contributed by atoms with Gasteiger partial charge in [-0.3, -0.25) is 0 Å². The molecule has 1 aromatic carbocycles. The van der Waals surface area contributed by atoms with E-state index in [1.807, 2.05) is 18.2 Å². The van der Waals surface area contributed by atoms with Crippen LogP contribution in [0.15, 0.2) is 30.3 Å². The molecule has 0 unspecified atom stereocenters. The number of phenols is 1. The van der Waals surface area contributed by atoms with Gasteiger partial charge >= 0.3 is 0 Å². The summed E-state index contributed by atoms with van der Waals surface area (Å²) >= 11 is 0. The lowest BCUT2D eigenvalue weighted by Crippen LogP contribution is -2.15. The van der Waals surface area contributed by atoms with Gasteiger partial charge in [-0.1, -0.05) is 24.3 Å². The average Bonchev–Trinajstić information content (AvgIpc) is 2.30. The first-order chi connectivity index (χ1) is 7.83. The summed E-state index contributed by atoms with van der Waals surface area (Å²) in [5, 5.41) is 12.4. The molecule has 3 nitrogen and oxygen atoms in total. The van der Waals surface area contributed by atoms with Gasteiger partial charge in [0.1, 0.15) is 5.75 Å². The maximum Gasteiger partial charge on any atom is 0.115 e. The molecule has 0 atom stereocenters. The number of benzene rings is 1. The van der Waals surface area contributed by atoms with Gasteiger partial charge < -0.3 is 16.2 Å².